The lowest BCUT2D eigenvalue weighted by Gasteiger charge is -2.29. The summed E-state index contributed by atoms with van der Waals surface area (Å²) in [5.74, 6) is 0. The SMILES string of the molecule is Cc1ccc(C(CN)N(C)c2ccccc2C#N)s1. The van der Waals surface area contributed by atoms with Gasteiger partial charge in [0.05, 0.1) is 17.3 Å². The summed E-state index contributed by atoms with van der Waals surface area (Å²) in [6.45, 7) is 2.61. The molecule has 1 unspecified atom stereocenters. The minimum atomic E-state index is 0.105. The maximum Gasteiger partial charge on any atom is 0.101 e. The zero-order valence-electron chi connectivity index (χ0n) is 11.1. The number of benzene rings is 1. The fraction of sp³-hybridized carbons (Fsp3) is 0.267. The molecule has 0 aliphatic heterocycles. The second-order valence-electron chi connectivity index (χ2n) is 4.44. The third kappa shape index (κ3) is 2.78. The molecule has 2 aromatic rings. The molecule has 0 saturated carbocycles. The molecule has 0 aliphatic rings. The fourth-order valence-corrected chi connectivity index (χ4v) is 3.18. The molecule has 0 saturated heterocycles. The summed E-state index contributed by atoms with van der Waals surface area (Å²) in [5.41, 5.74) is 7.53. The van der Waals surface area contributed by atoms with Gasteiger partial charge in [-0.1, -0.05) is 12.1 Å². The van der Waals surface area contributed by atoms with E-state index in [-0.39, 0.29) is 6.04 Å². The van der Waals surface area contributed by atoms with Gasteiger partial charge in [0.15, 0.2) is 0 Å². The van der Waals surface area contributed by atoms with E-state index in [1.165, 1.54) is 9.75 Å². The van der Waals surface area contributed by atoms with Crippen molar-refractivity contribution >= 4 is 17.0 Å². The summed E-state index contributed by atoms with van der Waals surface area (Å²) >= 11 is 1.75. The summed E-state index contributed by atoms with van der Waals surface area (Å²) in [5, 5.41) is 9.19. The smallest absolute Gasteiger partial charge is 0.101 e. The van der Waals surface area contributed by atoms with E-state index < -0.39 is 0 Å². The van der Waals surface area contributed by atoms with E-state index in [9.17, 15) is 5.26 Å². The van der Waals surface area contributed by atoms with Crippen LogP contribution in [0, 0.1) is 18.3 Å². The average molecular weight is 271 g/mol. The molecule has 1 aromatic carbocycles. The maximum absolute atomic E-state index is 9.19. The first-order valence-corrected chi connectivity index (χ1v) is 6.97. The Bertz CT molecular complexity index is 597. The van der Waals surface area contributed by atoms with Gasteiger partial charge in [-0.05, 0) is 31.2 Å². The number of nitrogens with zero attached hydrogens (tertiary/aromatic N) is 2. The van der Waals surface area contributed by atoms with Crippen LogP contribution in [0.25, 0.3) is 0 Å². The molecule has 0 amide bonds. The van der Waals surface area contributed by atoms with Crippen molar-refractivity contribution in [2.45, 2.75) is 13.0 Å². The Morgan fingerprint density at radius 3 is 2.63 bits per heavy atom. The number of para-hydroxylation sites is 1. The van der Waals surface area contributed by atoms with Gasteiger partial charge in [0.1, 0.15) is 6.07 Å². The van der Waals surface area contributed by atoms with E-state index in [0.29, 0.717) is 12.1 Å². The highest BCUT2D eigenvalue weighted by atomic mass is 32.1. The van der Waals surface area contributed by atoms with Crippen molar-refractivity contribution < 1.29 is 0 Å². The van der Waals surface area contributed by atoms with E-state index in [0.717, 1.165) is 5.69 Å². The van der Waals surface area contributed by atoms with E-state index in [1.807, 2.05) is 31.3 Å². The van der Waals surface area contributed by atoms with E-state index in [2.05, 4.69) is 30.0 Å². The van der Waals surface area contributed by atoms with E-state index >= 15 is 0 Å². The number of anilines is 1. The lowest BCUT2D eigenvalue weighted by atomic mass is 10.1. The molecule has 4 heteroatoms. The number of rotatable bonds is 4. The van der Waals surface area contributed by atoms with Crippen molar-refractivity contribution in [2.75, 3.05) is 18.5 Å². The molecule has 0 bridgehead atoms. The predicted molar refractivity (Wildman–Crippen MR) is 80.4 cm³/mol. The number of thiophene rings is 1. The molecule has 0 radical (unpaired) electrons. The van der Waals surface area contributed by atoms with Crippen LogP contribution in [-0.2, 0) is 0 Å². The molecule has 2 N–H and O–H groups in total. The monoisotopic (exact) mass is 271 g/mol. The van der Waals surface area contributed by atoms with Crippen LogP contribution in [0.1, 0.15) is 21.4 Å². The van der Waals surface area contributed by atoms with Crippen LogP contribution in [0.3, 0.4) is 0 Å². The Morgan fingerprint density at radius 1 is 1.32 bits per heavy atom. The van der Waals surface area contributed by atoms with E-state index in [1.54, 1.807) is 11.3 Å². The lowest BCUT2D eigenvalue weighted by Crippen LogP contribution is -2.30. The topological polar surface area (TPSA) is 53.0 Å². The van der Waals surface area contributed by atoms with Gasteiger partial charge in [-0.3, -0.25) is 0 Å². The van der Waals surface area contributed by atoms with E-state index in [4.69, 9.17) is 5.73 Å². The highest BCUT2D eigenvalue weighted by Crippen LogP contribution is 2.31. The molecule has 1 heterocycles. The average Bonchev–Trinajstić information content (AvgIpc) is 2.86. The molecule has 2 rings (SSSR count). The Labute approximate surface area is 117 Å². The van der Waals surface area contributed by atoms with Gasteiger partial charge in [-0.15, -0.1) is 11.3 Å². The second kappa shape index (κ2) is 5.87. The Hall–Kier alpha value is -1.83. The predicted octanol–water partition coefficient (Wildman–Crippen LogP) is 3.06. The summed E-state index contributed by atoms with van der Waals surface area (Å²) in [7, 11) is 1.99. The molecule has 0 spiro atoms. The highest BCUT2D eigenvalue weighted by Gasteiger charge is 2.19. The normalized spacial score (nSPS) is 11.9. The van der Waals surface area contributed by atoms with Crippen LogP contribution >= 0.6 is 11.3 Å². The van der Waals surface area contributed by atoms with Crippen molar-refractivity contribution in [1.82, 2.24) is 0 Å². The maximum atomic E-state index is 9.19. The molecular weight excluding hydrogens is 254 g/mol. The van der Waals surface area contributed by atoms with Crippen molar-refractivity contribution in [1.29, 1.82) is 5.26 Å². The molecule has 1 aromatic heterocycles. The first kappa shape index (κ1) is 13.6. The fourth-order valence-electron chi connectivity index (χ4n) is 2.14. The van der Waals surface area contributed by atoms with Gasteiger partial charge in [-0.2, -0.15) is 5.26 Å². The van der Waals surface area contributed by atoms with Crippen LogP contribution in [0.5, 0.6) is 0 Å². The zero-order chi connectivity index (χ0) is 13.8. The Balaban J connectivity index is 2.36. The van der Waals surface area contributed by atoms with Crippen molar-refractivity contribution in [2.24, 2.45) is 5.73 Å². The molecule has 0 fully saturated rings. The van der Waals surface area contributed by atoms with Crippen LogP contribution in [-0.4, -0.2) is 13.6 Å². The Morgan fingerprint density at radius 2 is 2.05 bits per heavy atom. The summed E-state index contributed by atoms with van der Waals surface area (Å²) < 4.78 is 0. The number of hydrogen-bond donors (Lipinski definition) is 1. The Kier molecular flexibility index (Phi) is 4.20. The molecule has 19 heavy (non-hydrogen) atoms. The number of nitriles is 1. The molecule has 0 aliphatic carbocycles. The highest BCUT2D eigenvalue weighted by molar-refractivity contribution is 7.12. The third-order valence-electron chi connectivity index (χ3n) is 3.18. The minimum absolute atomic E-state index is 0.105. The summed E-state index contributed by atoms with van der Waals surface area (Å²) in [4.78, 5) is 4.59. The van der Waals surface area contributed by atoms with Gasteiger partial charge in [0.25, 0.3) is 0 Å². The quantitative estimate of drug-likeness (QED) is 0.929. The van der Waals surface area contributed by atoms with Crippen LogP contribution in [0.2, 0.25) is 0 Å². The van der Waals surface area contributed by atoms with Gasteiger partial charge >= 0.3 is 0 Å². The van der Waals surface area contributed by atoms with Crippen molar-refractivity contribution in [3.8, 4) is 6.07 Å². The minimum Gasteiger partial charge on any atom is -0.364 e. The van der Waals surface area contributed by atoms with Gasteiger partial charge < -0.3 is 10.6 Å². The first-order valence-electron chi connectivity index (χ1n) is 6.15. The largest absolute Gasteiger partial charge is 0.364 e. The summed E-state index contributed by atoms with van der Waals surface area (Å²) in [6.07, 6.45) is 0. The standard InChI is InChI=1S/C15H17N3S/c1-11-7-8-15(19-11)14(10-17)18(2)13-6-4-3-5-12(13)9-16/h3-8,14H,10,17H2,1-2H3. The second-order valence-corrected chi connectivity index (χ2v) is 5.76. The van der Waals surface area contributed by atoms with Gasteiger partial charge in [0.2, 0.25) is 0 Å². The molecule has 3 nitrogen and oxygen atoms in total. The first-order chi connectivity index (χ1) is 9.17. The van der Waals surface area contributed by atoms with Crippen LogP contribution in [0.4, 0.5) is 5.69 Å². The van der Waals surface area contributed by atoms with Crippen molar-refractivity contribution in [3.05, 3.63) is 51.7 Å². The summed E-state index contributed by atoms with van der Waals surface area (Å²) in [6, 6.07) is 14.2. The third-order valence-corrected chi connectivity index (χ3v) is 4.29. The number of likely N-dealkylation sites (N-methyl/N-ethyl adjacent to an activating group) is 1. The van der Waals surface area contributed by atoms with Gasteiger partial charge in [0, 0.05) is 23.3 Å². The molecule has 1 atom stereocenters. The lowest BCUT2D eigenvalue weighted by molar-refractivity contribution is 0.692. The molecule has 98 valence electrons. The molecular formula is C15H17N3S. The van der Waals surface area contributed by atoms with Gasteiger partial charge in [-0.25, -0.2) is 0 Å². The zero-order valence-corrected chi connectivity index (χ0v) is 11.9. The van der Waals surface area contributed by atoms with Crippen LogP contribution in [0.15, 0.2) is 36.4 Å². The number of nitrogens with two attached hydrogens (primary N) is 1. The van der Waals surface area contributed by atoms with Crippen molar-refractivity contribution in [3.63, 3.8) is 0 Å². The number of aryl methyl sites for hydroxylation is 1. The number of hydrogen-bond acceptors (Lipinski definition) is 4. The van der Waals surface area contributed by atoms with Crippen LogP contribution < -0.4 is 10.6 Å².